The molecule has 0 bridgehead atoms. The molecule has 1 fully saturated rings. The molecule has 2 aromatic rings. The number of hydrogen-bond donors (Lipinski definition) is 2. The highest BCUT2D eigenvalue weighted by Crippen LogP contribution is 2.31. The van der Waals surface area contributed by atoms with E-state index in [-0.39, 0.29) is 23.5 Å². The second-order valence-electron chi connectivity index (χ2n) is 5.90. The molecule has 0 radical (unpaired) electrons. The number of nitrogens with one attached hydrogen (secondary N) is 1. The van der Waals surface area contributed by atoms with Gasteiger partial charge in [-0.05, 0) is 36.8 Å². The van der Waals surface area contributed by atoms with Crippen LogP contribution in [0.3, 0.4) is 0 Å². The van der Waals surface area contributed by atoms with Gasteiger partial charge < -0.3 is 16.0 Å². The highest BCUT2D eigenvalue weighted by molar-refractivity contribution is 5.99. The number of carbonyl (C=O) groups excluding carboxylic acids is 1. The number of anilines is 2. The predicted octanol–water partition coefficient (Wildman–Crippen LogP) is 3.02. The molecule has 0 aliphatic carbocycles. The Kier molecular flexibility index (Phi) is 4.63. The Morgan fingerprint density at radius 1 is 1.28 bits per heavy atom. The van der Waals surface area contributed by atoms with Crippen LogP contribution in [0.4, 0.5) is 24.7 Å². The van der Waals surface area contributed by atoms with Crippen molar-refractivity contribution < 1.29 is 18.0 Å². The van der Waals surface area contributed by atoms with Crippen molar-refractivity contribution in [3.8, 4) is 0 Å². The minimum atomic E-state index is -4.44. The molecular weight excluding hydrogens is 333 g/mol. The van der Waals surface area contributed by atoms with Crippen molar-refractivity contribution in [1.82, 2.24) is 9.88 Å². The van der Waals surface area contributed by atoms with E-state index < -0.39 is 11.7 Å². The first-order chi connectivity index (χ1) is 11.8. The number of alkyl halides is 3. The maximum absolute atomic E-state index is 12.8. The molecule has 0 unspecified atom stereocenters. The fraction of sp³-hybridized carbons (Fsp3) is 0.294. The van der Waals surface area contributed by atoms with Crippen LogP contribution in [0.5, 0.6) is 0 Å². The van der Waals surface area contributed by atoms with Crippen LogP contribution >= 0.6 is 0 Å². The van der Waals surface area contributed by atoms with E-state index in [4.69, 9.17) is 5.73 Å². The first-order valence-corrected chi connectivity index (χ1v) is 7.79. The van der Waals surface area contributed by atoms with Crippen molar-refractivity contribution in [3.05, 3.63) is 53.7 Å². The van der Waals surface area contributed by atoms with Gasteiger partial charge in [0.1, 0.15) is 5.82 Å². The first kappa shape index (κ1) is 17.2. The molecule has 3 N–H and O–H groups in total. The Hall–Kier alpha value is -2.61. The van der Waals surface area contributed by atoms with Gasteiger partial charge in [0.15, 0.2) is 0 Å². The molecule has 1 saturated heterocycles. The van der Waals surface area contributed by atoms with Crippen LogP contribution in [0.15, 0.2) is 42.6 Å². The maximum atomic E-state index is 12.8. The Bertz CT molecular complexity index is 778. The summed E-state index contributed by atoms with van der Waals surface area (Å²) in [6.45, 7) is 1.01. The lowest BCUT2D eigenvalue weighted by molar-refractivity contribution is -0.137. The quantitative estimate of drug-likeness (QED) is 0.893. The Labute approximate surface area is 142 Å². The third kappa shape index (κ3) is 3.90. The minimum Gasteiger partial charge on any atom is -0.340 e. The Balaban J connectivity index is 1.86. The summed E-state index contributed by atoms with van der Waals surface area (Å²) in [7, 11) is 0. The van der Waals surface area contributed by atoms with E-state index in [1.54, 1.807) is 17.0 Å². The van der Waals surface area contributed by atoms with E-state index >= 15 is 0 Å². The second kappa shape index (κ2) is 6.72. The molecule has 1 aromatic heterocycles. The normalized spacial score (nSPS) is 17.6. The number of hydrogen-bond acceptors (Lipinski definition) is 4. The maximum Gasteiger partial charge on any atom is 0.416 e. The minimum absolute atomic E-state index is 0.0551. The summed E-state index contributed by atoms with van der Waals surface area (Å²) in [4.78, 5) is 18.4. The lowest BCUT2D eigenvalue weighted by Crippen LogP contribution is -2.32. The number of rotatable bonds is 3. The standard InChI is InChI=1S/C17H17F3N4O/c18-17(19,20)11-3-1-4-13(9-11)23-15-14(5-2-7-22-15)16(25)24-8-6-12(21)10-24/h1-5,7,9,12H,6,8,10,21H2,(H,22,23)/t12-/m1/s1. The van der Waals surface area contributed by atoms with Crippen LogP contribution in [0.2, 0.25) is 0 Å². The van der Waals surface area contributed by atoms with Crippen LogP contribution in [0.1, 0.15) is 22.3 Å². The highest BCUT2D eigenvalue weighted by atomic mass is 19.4. The fourth-order valence-electron chi connectivity index (χ4n) is 2.73. The van der Waals surface area contributed by atoms with Crippen molar-refractivity contribution in [2.24, 2.45) is 5.73 Å². The molecule has 0 saturated carbocycles. The molecule has 5 nitrogen and oxygen atoms in total. The molecule has 1 atom stereocenters. The molecular formula is C17H17F3N4O. The third-order valence-corrected chi connectivity index (χ3v) is 4.00. The number of carbonyl (C=O) groups is 1. The van der Waals surface area contributed by atoms with E-state index in [1.165, 1.54) is 18.3 Å². The van der Waals surface area contributed by atoms with Gasteiger partial charge >= 0.3 is 6.18 Å². The number of amides is 1. The summed E-state index contributed by atoms with van der Waals surface area (Å²) < 4.78 is 38.5. The Morgan fingerprint density at radius 2 is 2.08 bits per heavy atom. The van der Waals surface area contributed by atoms with E-state index in [0.29, 0.717) is 18.7 Å². The van der Waals surface area contributed by atoms with Gasteiger partial charge in [-0.1, -0.05) is 6.07 Å². The van der Waals surface area contributed by atoms with Crippen molar-refractivity contribution in [2.75, 3.05) is 18.4 Å². The van der Waals surface area contributed by atoms with Crippen molar-refractivity contribution >= 4 is 17.4 Å². The number of benzene rings is 1. The number of likely N-dealkylation sites (tertiary alicyclic amines) is 1. The van der Waals surface area contributed by atoms with Gasteiger partial charge in [0.25, 0.3) is 5.91 Å². The van der Waals surface area contributed by atoms with E-state index in [2.05, 4.69) is 10.3 Å². The van der Waals surface area contributed by atoms with Crippen molar-refractivity contribution in [2.45, 2.75) is 18.6 Å². The first-order valence-electron chi connectivity index (χ1n) is 7.79. The fourth-order valence-corrected chi connectivity index (χ4v) is 2.73. The molecule has 1 aliphatic rings. The van der Waals surface area contributed by atoms with E-state index in [1.807, 2.05) is 0 Å². The van der Waals surface area contributed by atoms with Gasteiger partial charge in [-0.3, -0.25) is 4.79 Å². The van der Waals surface area contributed by atoms with Gasteiger partial charge in [-0.2, -0.15) is 13.2 Å². The summed E-state index contributed by atoms with van der Waals surface area (Å²) >= 11 is 0. The molecule has 3 rings (SSSR count). The number of nitrogens with two attached hydrogens (primary N) is 1. The molecule has 25 heavy (non-hydrogen) atoms. The number of halogens is 3. The Morgan fingerprint density at radius 3 is 2.76 bits per heavy atom. The summed E-state index contributed by atoms with van der Waals surface area (Å²) in [5, 5.41) is 2.81. The average molecular weight is 350 g/mol. The molecule has 1 aliphatic heterocycles. The molecule has 1 amide bonds. The zero-order valence-corrected chi connectivity index (χ0v) is 13.3. The van der Waals surface area contributed by atoms with E-state index in [0.717, 1.165) is 18.6 Å². The smallest absolute Gasteiger partial charge is 0.340 e. The number of aromatic nitrogens is 1. The molecule has 0 spiro atoms. The van der Waals surface area contributed by atoms with Crippen molar-refractivity contribution in [1.29, 1.82) is 0 Å². The van der Waals surface area contributed by atoms with Gasteiger partial charge in [0, 0.05) is 31.0 Å². The molecule has 2 heterocycles. The zero-order chi connectivity index (χ0) is 18.0. The zero-order valence-electron chi connectivity index (χ0n) is 13.3. The predicted molar refractivity (Wildman–Crippen MR) is 87.5 cm³/mol. The van der Waals surface area contributed by atoms with Crippen LogP contribution in [0.25, 0.3) is 0 Å². The monoisotopic (exact) mass is 350 g/mol. The SMILES string of the molecule is N[C@@H]1CCN(C(=O)c2cccnc2Nc2cccc(C(F)(F)F)c2)C1. The average Bonchev–Trinajstić information content (AvgIpc) is 3.01. The summed E-state index contributed by atoms with van der Waals surface area (Å²) in [5.74, 6) is -0.0252. The molecule has 8 heteroatoms. The number of nitrogens with zero attached hydrogens (tertiary/aromatic N) is 2. The highest BCUT2D eigenvalue weighted by Gasteiger charge is 2.31. The molecule has 132 valence electrons. The van der Waals surface area contributed by atoms with Crippen LogP contribution in [-0.2, 0) is 6.18 Å². The topological polar surface area (TPSA) is 71.2 Å². The largest absolute Gasteiger partial charge is 0.416 e. The van der Waals surface area contributed by atoms with Crippen LogP contribution in [-0.4, -0.2) is 34.9 Å². The van der Waals surface area contributed by atoms with E-state index in [9.17, 15) is 18.0 Å². The van der Waals surface area contributed by atoms with Crippen LogP contribution < -0.4 is 11.1 Å². The van der Waals surface area contributed by atoms with Crippen molar-refractivity contribution in [3.63, 3.8) is 0 Å². The summed E-state index contributed by atoms with van der Waals surface area (Å²) in [6, 6.07) is 7.91. The molecule has 1 aromatic carbocycles. The third-order valence-electron chi connectivity index (χ3n) is 4.00. The van der Waals surface area contributed by atoms with Gasteiger partial charge in [-0.25, -0.2) is 4.98 Å². The summed E-state index contributed by atoms with van der Waals surface area (Å²) in [5.41, 5.74) is 5.57. The lowest BCUT2D eigenvalue weighted by atomic mass is 10.1. The van der Waals surface area contributed by atoms with Crippen LogP contribution in [0, 0.1) is 0 Å². The van der Waals surface area contributed by atoms with Gasteiger partial charge in [0.2, 0.25) is 0 Å². The van der Waals surface area contributed by atoms with Gasteiger partial charge in [0.05, 0.1) is 11.1 Å². The second-order valence-corrected chi connectivity index (χ2v) is 5.90. The van der Waals surface area contributed by atoms with Gasteiger partial charge in [-0.15, -0.1) is 0 Å². The lowest BCUT2D eigenvalue weighted by Gasteiger charge is -2.18. The number of pyridine rings is 1. The summed E-state index contributed by atoms with van der Waals surface area (Å²) in [6.07, 6.45) is -2.24.